The standard InChI is InChI=1S/C5H6O5S/c6-3(5(9)10)1-11-2-4(7)8/h1-2H2,(H,7,8)(H,9,10). The number of aliphatic carboxylic acids is 2. The number of Topliss-reactive ketones (excluding diaryl/α,β-unsaturated/α-hetero) is 1. The molecule has 0 radical (unpaired) electrons. The van der Waals surface area contributed by atoms with Gasteiger partial charge >= 0.3 is 11.9 Å². The van der Waals surface area contributed by atoms with Gasteiger partial charge in [0.15, 0.2) is 0 Å². The molecular formula is C5H6O5S. The van der Waals surface area contributed by atoms with E-state index in [2.05, 4.69) is 0 Å². The number of carboxylic acid groups (broad SMARTS) is 2. The van der Waals surface area contributed by atoms with Crippen LogP contribution in [0.1, 0.15) is 0 Å². The molecule has 0 saturated heterocycles. The molecule has 5 nitrogen and oxygen atoms in total. The molecule has 0 spiro atoms. The van der Waals surface area contributed by atoms with Crippen LogP contribution < -0.4 is 0 Å². The summed E-state index contributed by atoms with van der Waals surface area (Å²) in [4.78, 5) is 30.0. The SMILES string of the molecule is O=C(O)CSCC(=O)C(=O)O. The van der Waals surface area contributed by atoms with Crippen LogP contribution in [0.4, 0.5) is 0 Å². The first-order valence-electron chi connectivity index (χ1n) is 2.59. The summed E-state index contributed by atoms with van der Waals surface area (Å²) in [5.41, 5.74) is 0. The second-order valence-electron chi connectivity index (χ2n) is 1.61. The van der Waals surface area contributed by atoms with Gasteiger partial charge in [0.05, 0.1) is 11.5 Å². The minimum Gasteiger partial charge on any atom is -0.481 e. The fourth-order valence-corrected chi connectivity index (χ4v) is 0.878. The Balaban J connectivity index is 3.47. The van der Waals surface area contributed by atoms with Crippen LogP contribution in [0.25, 0.3) is 0 Å². The molecule has 0 aliphatic carbocycles. The van der Waals surface area contributed by atoms with Crippen LogP contribution in [0.15, 0.2) is 0 Å². The molecule has 0 saturated carbocycles. The molecule has 0 aromatic heterocycles. The summed E-state index contributed by atoms with van der Waals surface area (Å²) in [5.74, 6) is -4.10. The highest BCUT2D eigenvalue weighted by Gasteiger charge is 2.11. The van der Waals surface area contributed by atoms with Crippen LogP contribution in [0.2, 0.25) is 0 Å². The Labute approximate surface area is 66.4 Å². The van der Waals surface area contributed by atoms with Crippen molar-refractivity contribution >= 4 is 29.5 Å². The Bertz CT molecular complexity index is 187. The molecule has 0 amide bonds. The first kappa shape index (κ1) is 9.96. The lowest BCUT2D eigenvalue weighted by atomic mass is 10.5. The summed E-state index contributed by atoms with van der Waals surface area (Å²) in [6, 6.07) is 0. The van der Waals surface area contributed by atoms with E-state index in [1.807, 2.05) is 0 Å². The lowest BCUT2D eigenvalue weighted by molar-refractivity contribution is -0.147. The van der Waals surface area contributed by atoms with E-state index in [1.165, 1.54) is 0 Å². The van der Waals surface area contributed by atoms with Crippen molar-refractivity contribution in [1.29, 1.82) is 0 Å². The van der Waals surface area contributed by atoms with Crippen molar-refractivity contribution in [2.75, 3.05) is 11.5 Å². The number of hydrogen-bond acceptors (Lipinski definition) is 4. The van der Waals surface area contributed by atoms with Crippen molar-refractivity contribution in [2.45, 2.75) is 0 Å². The fourth-order valence-electron chi connectivity index (χ4n) is 0.293. The Morgan fingerprint density at radius 2 is 1.64 bits per heavy atom. The van der Waals surface area contributed by atoms with Gasteiger partial charge in [0.25, 0.3) is 0 Å². The van der Waals surface area contributed by atoms with Crippen LogP contribution in [0.3, 0.4) is 0 Å². The van der Waals surface area contributed by atoms with Gasteiger partial charge in [-0.25, -0.2) is 4.79 Å². The number of carbonyl (C=O) groups excluding carboxylic acids is 1. The molecule has 6 heteroatoms. The maximum absolute atomic E-state index is 10.3. The summed E-state index contributed by atoms with van der Waals surface area (Å²) >= 11 is 0.768. The Hall–Kier alpha value is -1.04. The largest absolute Gasteiger partial charge is 0.481 e. The number of carboxylic acids is 2. The number of rotatable bonds is 5. The van der Waals surface area contributed by atoms with Gasteiger partial charge < -0.3 is 10.2 Å². The van der Waals surface area contributed by atoms with E-state index in [-0.39, 0.29) is 11.5 Å². The zero-order chi connectivity index (χ0) is 8.85. The van der Waals surface area contributed by atoms with E-state index in [1.54, 1.807) is 0 Å². The minimum atomic E-state index is -1.53. The third-order valence-electron chi connectivity index (χ3n) is 0.697. The molecule has 62 valence electrons. The maximum Gasteiger partial charge on any atom is 0.373 e. The highest BCUT2D eigenvalue weighted by atomic mass is 32.2. The second kappa shape index (κ2) is 4.73. The van der Waals surface area contributed by atoms with Gasteiger partial charge in [0, 0.05) is 0 Å². The Kier molecular flexibility index (Phi) is 4.28. The summed E-state index contributed by atoms with van der Waals surface area (Å²) in [6.07, 6.45) is 0. The molecule has 0 fully saturated rings. The monoisotopic (exact) mass is 178 g/mol. The van der Waals surface area contributed by atoms with Gasteiger partial charge in [0.2, 0.25) is 5.78 Å². The number of thioether (sulfide) groups is 1. The van der Waals surface area contributed by atoms with Crippen molar-refractivity contribution in [2.24, 2.45) is 0 Å². The van der Waals surface area contributed by atoms with Crippen molar-refractivity contribution in [3.63, 3.8) is 0 Å². The predicted octanol–water partition coefficient (Wildman–Crippen LogP) is -0.542. The summed E-state index contributed by atoms with van der Waals surface area (Å²) in [7, 11) is 0. The number of ketones is 1. The third kappa shape index (κ3) is 5.41. The zero-order valence-electron chi connectivity index (χ0n) is 5.44. The highest BCUT2D eigenvalue weighted by molar-refractivity contribution is 8.00. The zero-order valence-corrected chi connectivity index (χ0v) is 6.26. The van der Waals surface area contributed by atoms with Crippen LogP contribution in [0.5, 0.6) is 0 Å². The molecule has 0 unspecified atom stereocenters. The molecule has 0 aliphatic heterocycles. The highest BCUT2D eigenvalue weighted by Crippen LogP contribution is 1.98. The topological polar surface area (TPSA) is 91.7 Å². The van der Waals surface area contributed by atoms with Crippen molar-refractivity contribution < 1.29 is 24.6 Å². The smallest absolute Gasteiger partial charge is 0.373 e. The van der Waals surface area contributed by atoms with Crippen LogP contribution in [0, 0.1) is 0 Å². The summed E-state index contributed by atoms with van der Waals surface area (Å²) in [6.45, 7) is 0. The summed E-state index contributed by atoms with van der Waals surface area (Å²) in [5, 5.41) is 16.1. The average molecular weight is 178 g/mol. The normalized spacial score (nSPS) is 9.09. The maximum atomic E-state index is 10.3. The van der Waals surface area contributed by atoms with Gasteiger partial charge in [-0.3, -0.25) is 9.59 Å². The van der Waals surface area contributed by atoms with E-state index in [0.717, 1.165) is 11.8 Å². The molecule has 11 heavy (non-hydrogen) atoms. The molecule has 0 atom stereocenters. The Morgan fingerprint density at radius 1 is 1.09 bits per heavy atom. The van der Waals surface area contributed by atoms with Crippen LogP contribution >= 0.6 is 11.8 Å². The van der Waals surface area contributed by atoms with Crippen molar-refractivity contribution in [3.8, 4) is 0 Å². The van der Waals surface area contributed by atoms with Crippen LogP contribution in [-0.4, -0.2) is 39.4 Å². The van der Waals surface area contributed by atoms with Crippen molar-refractivity contribution in [1.82, 2.24) is 0 Å². The molecule has 0 bridgehead atoms. The minimum absolute atomic E-state index is 0.251. The van der Waals surface area contributed by atoms with Gasteiger partial charge in [-0.2, -0.15) is 0 Å². The van der Waals surface area contributed by atoms with E-state index in [4.69, 9.17) is 10.2 Å². The van der Waals surface area contributed by atoms with E-state index in [0.29, 0.717) is 0 Å². The van der Waals surface area contributed by atoms with Gasteiger partial charge in [0.1, 0.15) is 0 Å². The quantitative estimate of drug-likeness (QED) is 0.549. The second-order valence-corrected chi connectivity index (χ2v) is 2.60. The number of hydrogen-bond donors (Lipinski definition) is 2. The van der Waals surface area contributed by atoms with Gasteiger partial charge in [-0.1, -0.05) is 0 Å². The van der Waals surface area contributed by atoms with E-state index >= 15 is 0 Å². The van der Waals surface area contributed by atoms with Gasteiger partial charge in [-0.15, -0.1) is 11.8 Å². The van der Waals surface area contributed by atoms with Crippen molar-refractivity contribution in [3.05, 3.63) is 0 Å². The molecule has 0 aliphatic rings. The van der Waals surface area contributed by atoms with Gasteiger partial charge in [-0.05, 0) is 0 Å². The van der Waals surface area contributed by atoms with E-state index in [9.17, 15) is 14.4 Å². The molecule has 0 rings (SSSR count). The first-order valence-corrected chi connectivity index (χ1v) is 3.75. The average Bonchev–Trinajstić information content (AvgIpc) is 1.86. The summed E-state index contributed by atoms with van der Waals surface area (Å²) < 4.78 is 0. The van der Waals surface area contributed by atoms with Crippen LogP contribution in [-0.2, 0) is 14.4 Å². The van der Waals surface area contributed by atoms with E-state index < -0.39 is 17.7 Å². The predicted molar refractivity (Wildman–Crippen MR) is 37.6 cm³/mol. The molecule has 0 aromatic carbocycles. The molecule has 2 N–H and O–H groups in total. The molecular weight excluding hydrogens is 172 g/mol. The molecule has 0 heterocycles. The lowest BCUT2D eigenvalue weighted by Gasteiger charge is -1.92. The lowest BCUT2D eigenvalue weighted by Crippen LogP contribution is -2.15. The Morgan fingerprint density at radius 3 is 2.00 bits per heavy atom. The first-order chi connectivity index (χ1) is 5.04. The fraction of sp³-hybridized carbons (Fsp3) is 0.400. The number of carbonyl (C=O) groups is 3. The third-order valence-corrected chi connectivity index (χ3v) is 1.61. The molecule has 0 aromatic rings.